The van der Waals surface area contributed by atoms with E-state index in [2.05, 4.69) is 13.8 Å². The van der Waals surface area contributed by atoms with Crippen LogP contribution in [0.15, 0.2) is 11.6 Å². The summed E-state index contributed by atoms with van der Waals surface area (Å²) in [6.07, 6.45) is 9.34. The highest BCUT2D eigenvalue weighted by Gasteiger charge is 2.68. The van der Waals surface area contributed by atoms with Crippen LogP contribution in [-0.2, 0) is 23.9 Å². The van der Waals surface area contributed by atoms with Gasteiger partial charge in [-0.15, -0.1) is 0 Å². The van der Waals surface area contributed by atoms with Crippen molar-refractivity contribution in [2.75, 3.05) is 13.7 Å². The third-order valence-electron chi connectivity index (χ3n) is 9.38. The predicted molar refractivity (Wildman–Crippen MR) is 113 cm³/mol. The third-order valence-corrected chi connectivity index (χ3v) is 9.38. The zero-order valence-electron chi connectivity index (χ0n) is 18.9. The quantitative estimate of drug-likeness (QED) is 0.620. The van der Waals surface area contributed by atoms with Crippen LogP contribution in [0.1, 0.15) is 78.6 Å². The van der Waals surface area contributed by atoms with Crippen LogP contribution in [0.25, 0.3) is 0 Å². The van der Waals surface area contributed by atoms with Gasteiger partial charge < -0.3 is 9.47 Å². The van der Waals surface area contributed by atoms with Gasteiger partial charge >= 0.3 is 5.97 Å². The number of hydrogen-bond acceptors (Lipinski definition) is 5. The molecule has 5 heteroatoms. The number of hydrogen-bond donors (Lipinski definition) is 0. The molecule has 0 aliphatic heterocycles. The average molecular weight is 417 g/mol. The number of fused-ring (bicyclic) bond motifs is 5. The second-order valence-electron chi connectivity index (χ2n) is 10.6. The zero-order chi connectivity index (χ0) is 21.7. The summed E-state index contributed by atoms with van der Waals surface area (Å²) in [4.78, 5) is 37.5. The molecule has 4 aliphatic rings. The van der Waals surface area contributed by atoms with Gasteiger partial charge in [0, 0.05) is 32.3 Å². The lowest BCUT2D eigenvalue weighted by molar-refractivity contribution is -0.188. The molecule has 0 heterocycles. The first-order valence-corrected chi connectivity index (χ1v) is 11.6. The SMILES string of the molecule is COCCC(=O)C1(OC(C)=O)CCC2C3CCC4=CC(=O)CCC4(C)C3CCC21C. The lowest BCUT2D eigenvalue weighted by atomic mass is 9.46. The second kappa shape index (κ2) is 7.58. The van der Waals surface area contributed by atoms with Crippen LogP contribution >= 0.6 is 0 Å². The van der Waals surface area contributed by atoms with E-state index in [9.17, 15) is 14.4 Å². The van der Waals surface area contributed by atoms with Gasteiger partial charge in [-0.2, -0.15) is 0 Å². The Hall–Kier alpha value is -1.49. The van der Waals surface area contributed by atoms with E-state index >= 15 is 0 Å². The first kappa shape index (κ1) is 21.7. The summed E-state index contributed by atoms with van der Waals surface area (Å²) in [5.74, 6) is 1.38. The fourth-order valence-corrected chi connectivity index (χ4v) is 7.88. The third kappa shape index (κ3) is 3.03. The molecule has 4 rings (SSSR count). The summed E-state index contributed by atoms with van der Waals surface area (Å²) >= 11 is 0. The molecule has 0 aromatic rings. The molecule has 0 aromatic carbocycles. The Balaban J connectivity index is 1.67. The van der Waals surface area contributed by atoms with Crippen molar-refractivity contribution in [2.24, 2.45) is 28.6 Å². The smallest absolute Gasteiger partial charge is 0.303 e. The van der Waals surface area contributed by atoms with Crippen molar-refractivity contribution in [3.63, 3.8) is 0 Å². The van der Waals surface area contributed by atoms with Crippen molar-refractivity contribution < 1.29 is 23.9 Å². The van der Waals surface area contributed by atoms with E-state index in [-0.39, 0.29) is 34.8 Å². The maximum atomic E-state index is 13.4. The number of allylic oxidation sites excluding steroid dienone is 1. The summed E-state index contributed by atoms with van der Waals surface area (Å²) in [6, 6.07) is 0. The summed E-state index contributed by atoms with van der Waals surface area (Å²) in [6.45, 7) is 6.34. The first-order chi connectivity index (χ1) is 14.2. The largest absolute Gasteiger partial charge is 0.451 e. The van der Waals surface area contributed by atoms with Gasteiger partial charge in [0.05, 0.1) is 6.61 Å². The lowest BCUT2D eigenvalue weighted by Crippen LogP contribution is -2.59. The van der Waals surface area contributed by atoms with Gasteiger partial charge in [-0.05, 0) is 74.2 Å². The van der Waals surface area contributed by atoms with E-state index in [4.69, 9.17) is 9.47 Å². The van der Waals surface area contributed by atoms with E-state index in [1.165, 1.54) is 12.5 Å². The predicted octanol–water partition coefficient (Wildman–Crippen LogP) is 4.43. The van der Waals surface area contributed by atoms with E-state index < -0.39 is 5.60 Å². The van der Waals surface area contributed by atoms with Crippen molar-refractivity contribution >= 4 is 17.5 Å². The molecule has 3 saturated carbocycles. The van der Waals surface area contributed by atoms with Crippen molar-refractivity contribution in [1.82, 2.24) is 0 Å². The zero-order valence-corrected chi connectivity index (χ0v) is 18.9. The summed E-state index contributed by atoms with van der Waals surface area (Å²) < 4.78 is 11.1. The molecular weight excluding hydrogens is 380 g/mol. The molecule has 4 aliphatic carbocycles. The number of carbonyl (C=O) groups is 3. The molecule has 6 atom stereocenters. The molecule has 0 spiro atoms. The van der Waals surface area contributed by atoms with Gasteiger partial charge in [0.15, 0.2) is 17.2 Å². The second-order valence-corrected chi connectivity index (χ2v) is 10.6. The minimum absolute atomic E-state index is 0.0221. The topological polar surface area (TPSA) is 69.7 Å². The van der Waals surface area contributed by atoms with Crippen LogP contribution in [0.3, 0.4) is 0 Å². The Morgan fingerprint density at radius 1 is 1.07 bits per heavy atom. The molecule has 5 nitrogen and oxygen atoms in total. The monoisotopic (exact) mass is 416 g/mol. The molecular formula is C25H36O5. The minimum Gasteiger partial charge on any atom is -0.451 e. The van der Waals surface area contributed by atoms with Gasteiger partial charge in [0.2, 0.25) is 0 Å². The van der Waals surface area contributed by atoms with Crippen LogP contribution in [0.4, 0.5) is 0 Å². The molecule has 0 amide bonds. The normalized spacial score (nSPS) is 42.6. The Morgan fingerprint density at radius 3 is 2.50 bits per heavy atom. The number of esters is 1. The van der Waals surface area contributed by atoms with Gasteiger partial charge in [0.1, 0.15) is 0 Å². The maximum absolute atomic E-state index is 13.4. The van der Waals surface area contributed by atoms with Crippen molar-refractivity contribution in [2.45, 2.75) is 84.2 Å². The number of Topliss-reactive ketones (excluding diaryl/α,β-unsaturated/α-hetero) is 1. The van der Waals surface area contributed by atoms with Gasteiger partial charge in [-0.1, -0.05) is 19.4 Å². The first-order valence-electron chi connectivity index (χ1n) is 11.6. The van der Waals surface area contributed by atoms with Crippen LogP contribution in [0.2, 0.25) is 0 Å². The highest BCUT2D eigenvalue weighted by molar-refractivity contribution is 5.92. The molecule has 0 radical (unpaired) electrons. The van der Waals surface area contributed by atoms with Crippen molar-refractivity contribution in [3.8, 4) is 0 Å². The highest BCUT2D eigenvalue weighted by atomic mass is 16.6. The lowest BCUT2D eigenvalue weighted by Gasteiger charge is -2.59. The summed E-state index contributed by atoms with van der Waals surface area (Å²) in [7, 11) is 1.60. The Bertz CT molecular complexity index is 784. The molecule has 0 aromatic heterocycles. The van der Waals surface area contributed by atoms with Crippen LogP contribution in [0, 0.1) is 28.6 Å². The summed E-state index contributed by atoms with van der Waals surface area (Å²) in [5.41, 5.74) is 0.105. The van der Waals surface area contributed by atoms with Gasteiger partial charge in [0.25, 0.3) is 0 Å². The fraction of sp³-hybridized carbons (Fsp3) is 0.800. The Labute approximate surface area is 179 Å². The molecule has 0 saturated heterocycles. The number of rotatable bonds is 5. The molecule has 30 heavy (non-hydrogen) atoms. The molecule has 6 unspecified atom stereocenters. The van der Waals surface area contributed by atoms with E-state index in [0.717, 1.165) is 38.5 Å². The van der Waals surface area contributed by atoms with E-state index in [0.29, 0.717) is 37.2 Å². The van der Waals surface area contributed by atoms with Gasteiger partial charge in [-0.25, -0.2) is 0 Å². The fourth-order valence-electron chi connectivity index (χ4n) is 7.88. The minimum atomic E-state index is -1.02. The number of ether oxygens (including phenoxy) is 2. The van der Waals surface area contributed by atoms with Crippen LogP contribution in [-0.4, -0.2) is 36.9 Å². The number of carbonyl (C=O) groups excluding carboxylic acids is 3. The highest BCUT2D eigenvalue weighted by Crippen LogP contribution is 2.68. The molecule has 3 fully saturated rings. The van der Waals surface area contributed by atoms with Crippen LogP contribution in [0.5, 0.6) is 0 Å². The molecule has 166 valence electrons. The van der Waals surface area contributed by atoms with Crippen molar-refractivity contribution in [3.05, 3.63) is 11.6 Å². The number of methoxy groups -OCH3 is 1. The van der Waals surface area contributed by atoms with E-state index in [1.54, 1.807) is 7.11 Å². The maximum Gasteiger partial charge on any atom is 0.303 e. The molecule has 0 bridgehead atoms. The molecule has 0 N–H and O–H groups in total. The Kier molecular flexibility index (Phi) is 5.49. The number of ketones is 2. The standard InChI is InChI=1S/C25H36O5/c1-16(26)30-25(22(28)10-14-29-4)13-9-21-19-6-5-17-15-18(27)7-11-23(17,2)20(19)8-12-24(21,25)3/h15,19-21H,5-14H2,1-4H3. The summed E-state index contributed by atoms with van der Waals surface area (Å²) in [5, 5.41) is 0. The van der Waals surface area contributed by atoms with E-state index in [1.807, 2.05) is 6.08 Å². The average Bonchev–Trinajstić information content (AvgIpc) is 2.99. The van der Waals surface area contributed by atoms with Crippen molar-refractivity contribution in [1.29, 1.82) is 0 Å². The van der Waals surface area contributed by atoms with Crippen LogP contribution < -0.4 is 0 Å². The van der Waals surface area contributed by atoms with Gasteiger partial charge in [-0.3, -0.25) is 14.4 Å². The Morgan fingerprint density at radius 2 is 1.80 bits per heavy atom.